The van der Waals surface area contributed by atoms with Crippen molar-refractivity contribution in [2.24, 2.45) is 7.05 Å². The Kier molecular flexibility index (Phi) is 3.86. The summed E-state index contributed by atoms with van der Waals surface area (Å²) in [6, 6.07) is 0. The second-order valence-corrected chi connectivity index (χ2v) is 7.28. The first-order valence-electron chi connectivity index (χ1n) is 7.34. The zero-order valence-electron chi connectivity index (χ0n) is 13.6. The molecule has 1 aliphatic heterocycles. The molecule has 0 aliphatic carbocycles. The van der Waals surface area contributed by atoms with Crippen LogP contribution in [0.2, 0.25) is 0 Å². The number of nitrogens with zero attached hydrogens (tertiary/aromatic N) is 3. The van der Waals surface area contributed by atoms with Gasteiger partial charge in [-0.3, -0.25) is 4.68 Å². The van der Waals surface area contributed by atoms with Crippen molar-refractivity contribution in [3.05, 3.63) is 11.3 Å². The molecule has 1 aromatic rings. The predicted molar refractivity (Wildman–Crippen MR) is 82.0 cm³/mol. The normalized spacial score (nSPS) is 23.6. The second-order valence-electron chi connectivity index (χ2n) is 7.28. The molecule has 0 amide bonds. The van der Waals surface area contributed by atoms with Crippen molar-refractivity contribution in [1.82, 2.24) is 15.1 Å². The molecule has 1 atom stereocenters. The molecule has 0 radical (unpaired) electrons. The largest absolute Gasteiger partial charge is 0.388 e. The second kappa shape index (κ2) is 5.04. The standard InChI is InChI=1S/C15H28N4O/c1-11-12(9-16-14(2,3)4)13(18(6)17-11)19-8-7-15(5,20)10-19/h16,20H,7-10H2,1-6H3. The number of hydrogen-bond acceptors (Lipinski definition) is 4. The summed E-state index contributed by atoms with van der Waals surface area (Å²) in [6.07, 6.45) is 0.809. The fourth-order valence-electron chi connectivity index (χ4n) is 2.77. The van der Waals surface area contributed by atoms with Gasteiger partial charge in [-0.15, -0.1) is 0 Å². The maximum atomic E-state index is 10.2. The zero-order valence-corrected chi connectivity index (χ0v) is 13.6. The smallest absolute Gasteiger partial charge is 0.131 e. The van der Waals surface area contributed by atoms with Crippen molar-refractivity contribution in [2.45, 2.75) is 58.7 Å². The molecule has 0 bridgehead atoms. The highest BCUT2D eigenvalue weighted by Gasteiger charge is 2.34. The van der Waals surface area contributed by atoms with Crippen LogP contribution in [0.4, 0.5) is 5.82 Å². The van der Waals surface area contributed by atoms with Crippen molar-refractivity contribution < 1.29 is 5.11 Å². The van der Waals surface area contributed by atoms with Crippen LogP contribution in [-0.4, -0.2) is 39.1 Å². The minimum Gasteiger partial charge on any atom is -0.388 e. The summed E-state index contributed by atoms with van der Waals surface area (Å²) in [6.45, 7) is 12.8. The molecule has 1 saturated heterocycles. The molecule has 1 aromatic heterocycles. The Labute approximate surface area is 122 Å². The Morgan fingerprint density at radius 1 is 1.40 bits per heavy atom. The minimum atomic E-state index is -0.590. The molecule has 1 unspecified atom stereocenters. The van der Waals surface area contributed by atoms with Gasteiger partial charge in [0.05, 0.1) is 11.3 Å². The van der Waals surface area contributed by atoms with Crippen LogP contribution in [0.3, 0.4) is 0 Å². The highest BCUT2D eigenvalue weighted by molar-refractivity contribution is 5.51. The maximum Gasteiger partial charge on any atom is 0.131 e. The van der Waals surface area contributed by atoms with Crippen molar-refractivity contribution in [3.63, 3.8) is 0 Å². The number of aryl methyl sites for hydroxylation is 2. The van der Waals surface area contributed by atoms with Gasteiger partial charge in [-0.1, -0.05) is 0 Å². The van der Waals surface area contributed by atoms with Crippen LogP contribution < -0.4 is 10.2 Å². The van der Waals surface area contributed by atoms with Gasteiger partial charge in [-0.25, -0.2) is 0 Å². The summed E-state index contributed by atoms with van der Waals surface area (Å²) >= 11 is 0. The van der Waals surface area contributed by atoms with E-state index in [1.165, 1.54) is 5.56 Å². The molecule has 20 heavy (non-hydrogen) atoms. The topological polar surface area (TPSA) is 53.3 Å². The lowest BCUT2D eigenvalue weighted by Gasteiger charge is -2.25. The summed E-state index contributed by atoms with van der Waals surface area (Å²) in [7, 11) is 1.98. The third kappa shape index (κ3) is 3.33. The number of aromatic nitrogens is 2. The van der Waals surface area contributed by atoms with E-state index >= 15 is 0 Å². The van der Waals surface area contributed by atoms with Crippen molar-refractivity contribution in [1.29, 1.82) is 0 Å². The number of anilines is 1. The van der Waals surface area contributed by atoms with E-state index in [0.717, 1.165) is 31.0 Å². The van der Waals surface area contributed by atoms with Gasteiger partial charge in [0, 0.05) is 37.8 Å². The minimum absolute atomic E-state index is 0.0794. The van der Waals surface area contributed by atoms with Crippen molar-refractivity contribution in [3.8, 4) is 0 Å². The summed E-state index contributed by atoms with van der Waals surface area (Å²) < 4.78 is 1.94. The zero-order chi connectivity index (χ0) is 15.1. The fourth-order valence-corrected chi connectivity index (χ4v) is 2.77. The van der Waals surface area contributed by atoms with Gasteiger partial charge >= 0.3 is 0 Å². The molecule has 0 aromatic carbocycles. The molecular weight excluding hydrogens is 252 g/mol. The Hall–Kier alpha value is -1.07. The molecule has 0 spiro atoms. The first kappa shape index (κ1) is 15.3. The van der Waals surface area contributed by atoms with Crippen molar-refractivity contribution in [2.75, 3.05) is 18.0 Å². The summed E-state index contributed by atoms with van der Waals surface area (Å²) in [5.41, 5.74) is 1.79. The Morgan fingerprint density at radius 3 is 2.55 bits per heavy atom. The van der Waals surface area contributed by atoms with Crippen LogP contribution in [0.15, 0.2) is 0 Å². The highest BCUT2D eigenvalue weighted by atomic mass is 16.3. The number of hydrogen-bond donors (Lipinski definition) is 2. The number of aliphatic hydroxyl groups is 1. The molecule has 0 saturated carbocycles. The third-order valence-corrected chi connectivity index (χ3v) is 3.86. The van der Waals surface area contributed by atoms with Gasteiger partial charge in [-0.2, -0.15) is 5.10 Å². The van der Waals surface area contributed by atoms with Crippen LogP contribution >= 0.6 is 0 Å². The van der Waals surface area contributed by atoms with Crippen LogP contribution in [0.25, 0.3) is 0 Å². The van der Waals surface area contributed by atoms with E-state index in [-0.39, 0.29) is 5.54 Å². The molecule has 1 fully saturated rings. The molecule has 5 heteroatoms. The first-order valence-corrected chi connectivity index (χ1v) is 7.34. The van der Waals surface area contributed by atoms with E-state index in [9.17, 15) is 5.11 Å². The maximum absolute atomic E-state index is 10.2. The van der Waals surface area contributed by atoms with E-state index in [2.05, 4.69) is 43.0 Å². The molecular formula is C15H28N4O. The summed E-state index contributed by atoms with van der Waals surface area (Å²) in [5, 5.41) is 18.3. The van der Waals surface area contributed by atoms with Gasteiger partial charge in [0.1, 0.15) is 5.82 Å². The fraction of sp³-hybridized carbons (Fsp3) is 0.800. The van der Waals surface area contributed by atoms with Crippen LogP contribution in [0.1, 0.15) is 45.4 Å². The van der Waals surface area contributed by atoms with E-state index in [1.54, 1.807) is 0 Å². The molecule has 5 nitrogen and oxygen atoms in total. The Balaban J connectivity index is 2.24. The van der Waals surface area contributed by atoms with Gasteiger partial charge in [0.25, 0.3) is 0 Å². The van der Waals surface area contributed by atoms with E-state index in [1.807, 2.05) is 18.7 Å². The van der Waals surface area contributed by atoms with E-state index in [4.69, 9.17) is 0 Å². The SMILES string of the molecule is Cc1nn(C)c(N2CCC(C)(O)C2)c1CNC(C)(C)C. The molecule has 1 aliphatic rings. The van der Waals surface area contributed by atoms with Crippen LogP contribution in [-0.2, 0) is 13.6 Å². The lowest BCUT2D eigenvalue weighted by Crippen LogP contribution is -2.36. The monoisotopic (exact) mass is 280 g/mol. The number of β-amino-alcohol motifs (C(OH)–C–C–N with tert-alkyl or cyclic N) is 1. The summed E-state index contributed by atoms with van der Waals surface area (Å²) in [4.78, 5) is 2.25. The van der Waals surface area contributed by atoms with Crippen LogP contribution in [0, 0.1) is 6.92 Å². The summed E-state index contributed by atoms with van der Waals surface area (Å²) in [5.74, 6) is 1.14. The number of nitrogens with one attached hydrogen (secondary N) is 1. The number of rotatable bonds is 3. The Bertz CT molecular complexity index is 485. The van der Waals surface area contributed by atoms with Gasteiger partial charge in [0.15, 0.2) is 0 Å². The van der Waals surface area contributed by atoms with E-state index in [0.29, 0.717) is 6.54 Å². The molecule has 2 heterocycles. The predicted octanol–water partition coefficient (Wildman–Crippen LogP) is 1.58. The third-order valence-electron chi connectivity index (χ3n) is 3.86. The Morgan fingerprint density at radius 2 is 2.05 bits per heavy atom. The molecule has 2 N–H and O–H groups in total. The van der Waals surface area contributed by atoms with Gasteiger partial charge in [-0.05, 0) is 41.0 Å². The van der Waals surface area contributed by atoms with Crippen molar-refractivity contribution >= 4 is 5.82 Å². The molecule has 114 valence electrons. The highest BCUT2D eigenvalue weighted by Crippen LogP contribution is 2.30. The average molecular weight is 280 g/mol. The lowest BCUT2D eigenvalue weighted by atomic mass is 10.1. The average Bonchev–Trinajstić information content (AvgIpc) is 2.74. The van der Waals surface area contributed by atoms with E-state index < -0.39 is 5.60 Å². The van der Waals surface area contributed by atoms with Gasteiger partial charge in [0.2, 0.25) is 0 Å². The molecule has 2 rings (SSSR count). The lowest BCUT2D eigenvalue weighted by molar-refractivity contribution is 0.0838. The first-order chi connectivity index (χ1) is 9.09. The quantitative estimate of drug-likeness (QED) is 0.882. The van der Waals surface area contributed by atoms with Crippen LogP contribution in [0.5, 0.6) is 0 Å². The van der Waals surface area contributed by atoms with Gasteiger partial charge < -0.3 is 15.3 Å².